The van der Waals surface area contributed by atoms with Crippen LogP contribution in [0, 0.1) is 13.8 Å². The molecule has 0 radical (unpaired) electrons. The lowest BCUT2D eigenvalue weighted by Crippen LogP contribution is -2.11. The second-order valence-electron chi connectivity index (χ2n) is 3.68. The largest absolute Gasteiger partial charge is 0.490 e. The number of para-hydroxylation sites is 1. The molecule has 2 rings (SSSR count). The topological polar surface area (TPSA) is 52.8 Å². The molecule has 0 aliphatic heterocycles. The molecule has 1 heterocycles. The first-order valence-corrected chi connectivity index (χ1v) is 6.08. The van der Waals surface area contributed by atoms with Gasteiger partial charge < -0.3 is 4.74 Å². The summed E-state index contributed by atoms with van der Waals surface area (Å²) in [5.41, 5.74) is 1.10. The Morgan fingerprint density at radius 3 is 2.82 bits per heavy atom. The molecule has 0 saturated heterocycles. The predicted octanol–water partition coefficient (Wildman–Crippen LogP) is 2.13. The Morgan fingerprint density at radius 1 is 1.35 bits per heavy atom. The lowest BCUT2D eigenvalue weighted by molar-refractivity contribution is 0.285. The van der Waals surface area contributed by atoms with Gasteiger partial charge in [0.05, 0.1) is 11.0 Å². The molecule has 2 aromatic rings. The number of ether oxygens (including phenoxy) is 1. The first-order chi connectivity index (χ1) is 8.18. The number of hydrogen-bond donors (Lipinski definition) is 0. The van der Waals surface area contributed by atoms with Gasteiger partial charge in [0, 0.05) is 0 Å². The van der Waals surface area contributed by atoms with E-state index in [9.17, 15) is 0 Å². The highest BCUT2D eigenvalue weighted by molar-refractivity contribution is 9.10. The van der Waals surface area contributed by atoms with Crippen molar-refractivity contribution in [2.45, 2.75) is 20.4 Å². The minimum atomic E-state index is 0.537. The molecule has 6 heteroatoms. The number of nitrogens with zero attached hydrogens (tertiary/aromatic N) is 4. The molecule has 0 unspecified atom stereocenters. The van der Waals surface area contributed by atoms with Crippen molar-refractivity contribution in [3.63, 3.8) is 0 Å². The van der Waals surface area contributed by atoms with Crippen molar-refractivity contribution >= 4 is 15.9 Å². The summed E-state index contributed by atoms with van der Waals surface area (Å²) in [6, 6.07) is 5.96. The van der Waals surface area contributed by atoms with Gasteiger partial charge in [0.25, 0.3) is 0 Å². The summed E-state index contributed by atoms with van der Waals surface area (Å²) in [5.74, 6) is 1.66. The maximum absolute atomic E-state index is 5.73. The quantitative estimate of drug-likeness (QED) is 0.867. The van der Waals surface area contributed by atoms with Gasteiger partial charge in [0.1, 0.15) is 18.2 Å². The van der Waals surface area contributed by atoms with Gasteiger partial charge in [-0.05, 0) is 51.8 Å². The molecule has 0 fully saturated rings. The molecule has 0 aliphatic rings. The highest BCUT2D eigenvalue weighted by atomic mass is 79.9. The molecule has 0 amide bonds. The van der Waals surface area contributed by atoms with Crippen molar-refractivity contribution in [1.29, 1.82) is 0 Å². The van der Waals surface area contributed by atoms with Gasteiger partial charge in [-0.15, -0.1) is 5.10 Å². The van der Waals surface area contributed by atoms with Crippen molar-refractivity contribution in [2.75, 3.05) is 6.61 Å². The van der Waals surface area contributed by atoms with Crippen LogP contribution in [0.1, 0.15) is 11.4 Å². The number of benzene rings is 1. The van der Waals surface area contributed by atoms with Gasteiger partial charge in [-0.1, -0.05) is 12.1 Å². The minimum absolute atomic E-state index is 0.537. The fraction of sp³-hybridized carbons (Fsp3) is 0.364. The Bertz CT molecular complexity index is 492. The van der Waals surface area contributed by atoms with E-state index in [4.69, 9.17) is 4.74 Å². The van der Waals surface area contributed by atoms with Crippen LogP contribution < -0.4 is 4.74 Å². The molecule has 0 N–H and O–H groups in total. The summed E-state index contributed by atoms with van der Waals surface area (Å²) in [6.45, 7) is 5.06. The summed E-state index contributed by atoms with van der Waals surface area (Å²) in [4.78, 5) is 0. The Morgan fingerprint density at radius 2 is 2.18 bits per heavy atom. The summed E-state index contributed by atoms with van der Waals surface area (Å²) >= 11 is 3.47. The zero-order valence-electron chi connectivity index (χ0n) is 9.72. The second-order valence-corrected chi connectivity index (χ2v) is 4.54. The normalized spacial score (nSPS) is 10.5. The van der Waals surface area contributed by atoms with Crippen LogP contribution in [-0.4, -0.2) is 26.8 Å². The lowest BCUT2D eigenvalue weighted by Gasteiger charge is -2.10. The Labute approximate surface area is 108 Å². The van der Waals surface area contributed by atoms with Crippen molar-refractivity contribution in [1.82, 2.24) is 20.2 Å². The van der Waals surface area contributed by atoms with Gasteiger partial charge in [0.2, 0.25) is 0 Å². The van der Waals surface area contributed by atoms with Gasteiger partial charge in [0.15, 0.2) is 0 Å². The predicted molar refractivity (Wildman–Crippen MR) is 66.9 cm³/mol. The number of hydrogen-bond acceptors (Lipinski definition) is 4. The molecule has 0 aliphatic carbocycles. The SMILES string of the molecule is Cc1cccc(Br)c1OCCn1nnnc1C. The van der Waals surface area contributed by atoms with E-state index in [0.29, 0.717) is 13.2 Å². The van der Waals surface area contributed by atoms with E-state index in [-0.39, 0.29) is 0 Å². The molecule has 1 aromatic heterocycles. The molecule has 0 saturated carbocycles. The van der Waals surface area contributed by atoms with Crippen molar-refractivity contribution in [3.05, 3.63) is 34.1 Å². The van der Waals surface area contributed by atoms with Crippen molar-refractivity contribution < 1.29 is 4.74 Å². The molecule has 0 bridgehead atoms. The first-order valence-electron chi connectivity index (χ1n) is 5.29. The Kier molecular flexibility index (Phi) is 3.73. The summed E-state index contributed by atoms with van der Waals surface area (Å²) < 4.78 is 8.41. The molecule has 1 aromatic carbocycles. The average Bonchev–Trinajstić information content (AvgIpc) is 2.69. The third-order valence-electron chi connectivity index (χ3n) is 2.42. The van der Waals surface area contributed by atoms with Crippen LogP contribution >= 0.6 is 15.9 Å². The zero-order valence-corrected chi connectivity index (χ0v) is 11.3. The van der Waals surface area contributed by atoms with Crippen molar-refractivity contribution in [3.8, 4) is 5.75 Å². The highest BCUT2D eigenvalue weighted by Crippen LogP contribution is 2.28. The number of aromatic nitrogens is 4. The van der Waals surface area contributed by atoms with E-state index in [1.165, 1.54) is 0 Å². The maximum atomic E-state index is 5.73. The molecule has 0 spiro atoms. The van der Waals surface area contributed by atoms with E-state index in [0.717, 1.165) is 21.6 Å². The van der Waals surface area contributed by atoms with Crippen LogP contribution in [-0.2, 0) is 6.54 Å². The fourth-order valence-electron chi connectivity index (χ4n) is 1.49. The molecule has 5 nitrogen and oxygen atoms in total. The molecule has 0 atom stereocenters. The van der Waals surface area contributed by atoms with Crippen LogP contribution in [0.3, 0.4) is 0 Å². The van der Waals surface area contributed by atoms with E-state index in [1.807, 2.05) is 32.0 Å². The number of rotatable bonds is 4. The Balaban J connectivity index is 1.97. The first kappa shape index (κ1) is 12.0. The standard InChI is InChI=1S/C11H13BrN4O/c1-8-4-3-5-10(12)11(8)17-7-6-16-9(2)13-14-15-16/h3-5H,6-7H2,1-2H3. The summed E-state index contributed by atoms with van der Waals surface area (Å²) in [7, 11) is 0. The molecule has 90 valence electrons. The van der Waals surface area contributed by atoms with Gasteiger partial charge in [-0.3, -0.25) is 0 Å². The van der Waals surface area contributed by atoms with E-state index in [2.05, 4.69) is 31.5 Å². The smallest absolute Gasteiger partial charge is 0.148 e. The summed E-state index contributed by atoms with van der Waals surface area (Å²) in [6.07, 6.45) is 0. The average molecular weight is 297 g/mol. The van der Waals surface area contributed by atoms with Crippen molar-refractivity contribution in [2.24, 2.45) is 0 Å². The van der Waals surface area contributed by atoms with Gasteiger partial charge >= 0.3 is 0 Å². The number of tetrazole rings is 1. The molecular weight excluding hydrogens is 284 g/mol. The van der Waals surface area contributed by atoms with Gasteiger partial charge in [-0.25, -0.2) is 4.68 Å². The zero-order chi connectivity index (χ0) is 12.3. The fourth-order valence-corrected chi connectivity index (χ4v) is 2.07. The lowest BCUT2D eigenvalue weighted by atomic mass is 10.2. The minimum Gasteiger partial charge on any atom is -0.490 e. The number of aryl methyl sites for hydroxylation is 2. The summed E-state index contributed by atoms with van der Waals surface area (Å²) in [5, 5.41) is 11.3. The van der Waals surface area contributed by atoms with Crippen LogP contribution in [0.2, 0.25) is 0 Å². The molecular formula is C11H13BrN4O. The highest BCUT2D eigenvalue weighted by Gasteiger charge is 2.05. The van der Waals surface area contributed by atoms with E-state index in [1.54, 1.807) is 4.68 Å². The number of halogens is 1. The van der Waals surface area contributed by atoms with E-state index >= 15 is 0 Å². The maximum Gasteiger partial charge on any atom is 0.148 e. The monoisotopic (exact) mass is 296 g/mol. The third-order valence-corrected chi connectivity index (χ3v) is 3.05. The van der Waals surface area contributed by atoms with Crippen LogP contribution in [0.5, 0.6) is 5.75 Å². The van der Waals surface area contributed by atoms with Crippen LogP contribution in [0.25, 0.3) is 0 Å². The van der Waals surface area contributed by atoms with Gasteiger partial charge in [-0.2, -0.15) is 0 Å². The third kappa shape index (κ3) is 2.82. The van der Waals surface area contributed by atoms with Crippen LogP contribution in [0.4, 0.5) is 0 Å². The van der Waals surface area contributed by atoms with E-state index < -0.39 is 0 Å². The second kappa shape index (κ2) is 5.27. The Hall–Kier alpha value is -1.43. The van der Waals surface area contributed by atoms with Crippen LogP contribution in [0.15, 0.2) is 22.7 Å². The molecule has 17 heavy (non-hydrogen) atoms.